The number of hydrogen-bond acceptors (Lipinski definition) is 3. The number of nitrogens with one attached hydrogen (secondary N) is 1. The largest absolute Gasteiger partial charge is 0.481 e. The maximum Gasteiger partial charge on any atom is 0.303 e. The van der Waals surface area contributed by atoms with Crippen LogP contribution in [0.3, 0.4) is 0 Å². The molecule has 5 nitrogen and oxygen atoms in total. The highest BCUT2D eigenvalue weighted by Gasteiger charge is 2.10. The number of carbonyl (C=O) groups excluding carboxylic acids is 2. The molecule has 0 bridgehead atoms. The van der Waals surface area contributed by atoms with Crippen LogP contribution in [0.4, 0.5) is 0 Å². The molecule has 0 atom stereocenters. The minimum atomic E-state index is -1.02. The second kappa shape index (κ2) is 6.65. The van der Waals surface area contributed by atoms with Gasteiger partial charge in [-0.2, -0.15) is 0 Å². The number of hydrogen-bond donors (Lipinski definition) is 2. The van der Waals surface area contributed by atoms with E-state index in [1.54, 1.807) is 12.1 Å². The number of aliphatic carboxylic acids is 1. The summed E-state index contributed by atoms with van der Waals surface area (Å²) in [5.41, 5.74) is 0.472. The highest BCUT2D eigenvalue weighted by molar-refractivity contribution is 6.00. The van der Waals surface area contributed by atoms with Gasteiger partial charge in [-0.3, -0.25) is 14.4 Å². The molecule has 21 heavy (non-hydrogen) atoms. The van der Waals surface area contributed by atoms with Gasteiger partial charge < -0.3 is 10.4 Å². The van der Waals surface area contributed by atoms with Gasteiger partial charge in [-0.1, -0.05) is 30.3 Å². The standard InChI is InChI=1S/C16H15NO4/c18-14(7-8-15(19)20)10-17-16(21)13-6-5-11-3-1-2-4-12(11)9-13/h1-6,9H,7-8,10H2,(H,17,21)(H,19,20). The van der Waals surface area contributed by atoms with Gasteiger partial charge in [0, 0.05) is 12.0 Å². The molecule has 0 unspecified atom stereocenters. The first-order valence-corrected chi connectivity index (χ1v) is 6.57. The number of carbonyl (C=O) groups is 3. The molecular weight excluding hydrogens is 270 g/mol. The highest BCUT2D eigenvalue weighted by Crippen LogP contribution is 2.15. The van der Waals surface area contributed by atoms with Gasteiger partial charge in [0.2, 0.25) is 0 Å². The summed E-state index contributed by atoms with van der Waals surface area (Å²) in [6.07, 6.45) is -0.294. The van der Waals surface area contributed by atoms with Crippen molar-refractivity contribution in [3.63, 3.8) is 0 Å². The minimum Gasteiger partial charge on any atom is -0.481 e. The molecular formula is C16H15NO4. The molecule has 0 saturated heterocycles. The van der Waals surface area contributed by atoms with Crippen molar-refractivity contribution in [1.29, 1.82) is 0 Å². The molecule has 2 N–H and O–H groups in total. The van der Waals surface area contributed by atoms with E-state index >= 15 is 0 Å². The van der Waals surface area contributed by atoms with Crippen molar-refractivity contribution in [3.8, 4) is 0 Å². The number of carboxylic acid groups (broad SMARTS) is 1. The summed E-state index contributed by atoms with van der Waals surface area (Å²) < 4.78 is 0. The molecule has 0 fully saturated rings. The number of rotatable bonds is 6. The summed E-state index contributed by atoms with van der Waals surface area (Å²) >= 11 is 0. The molecule has 0 aliphatic carbocycles. The lowest BCUT2D eigenvalue weighted by atomic mass is 10.1. The predicted molar refractivity (Wildman–Crippen MR) is 78.2 cm³/mol. The molecule has 0 saturated carbocycles. The molecule has 2 aromatic rings. The second-order valence-corrected chi connectivity index (χ2v) is 4.68. The zero-order valence-corrected chi connectivity index (χ0v) is 11.3. The van der Waals surface area contributed by atoms with Crippen LogP contribution < -0.4 is 5.32 Å². The number of amides is 1. The van der Waals surface area contributed by atoms with Gasteiger partial charge in [-0.15, -0.1) is 0 Å². The third-order valence-electron chi connectivity index (χ3n) is 3.08. The van der Waals surface area contributed by atoms with E-state index in [9.17, 15) is 14.4 Å². The van der Waals surface area contributed by atoms with Crippen LogP contribution in [0.15, 0.2) is 42.5 Å². The van der Waals surface area contributed by atoms with Crippen molar-refractivity contribution in [1.82, 2.24) is 5.32 Å². The molecule has 0 aromatic heterocycles. The Balaban J connectivity index is 1.95. The molecule has 0 aliphatic rings. The van der Waals surface area contributed by atoms with Crippen LogP contribution in [0.1, 0.15) is 23.2 Å². The maximum absolute atomic E-state index is 12.0. The molecule has 1 amide bonds. The Bertz CT molecular complexity index is 693. The van der Waals surface area contributed by atoms with Crippen molar-refractivity contribution >= 4 is 28.4 Å². The van der Waals surface area contributed by atoms with E-state index in [0.717, 1.165) is 10.8 Å². The quantitative estimate of drug-likeness (QED) is 0.850. The first-order chi connectivity index (χ1) is 10.1. The van der Waals surface area contributed by atoms with E-state index in [-0.39, 0.29) is 31.1 Å². The van der Waals surface area contributed by atoms with Crippen molar-refractivity contribution in [2.24, 2.45) is 0 Å². The summed E-state index contributed by atoms with van der Waals surface area (Å²) in [4.78, 5) is 33.7. The SMILES string of the molecule is O=C(O)CCC(=O)CNC(=O)c1ccc2ccccc2c1. The van der Waals surface area contributed by atoms with Gasteiger partial charge in [-0.05, 0) is 22.9 Å². The molecule has 5 heteroatoms. The zero-order valence-electron chi connectivity index (χ0n) is 11.3. The number of benzene rings is 2. The van der Waals surface area contributed by atoms with E-state index < -0.39 is 5.97 Å². The Kier molecular flexibility index (Phi) is 4.66. The fourth-order valence-electron chi connectivity index (χ4n) is 1.95. The van der Waals surface area contributed by atoms with Gasteiger partial charge in [0.05, 0.1) is 13.0 Å². The maximum atomic E-state index is 12.0. The summed E-state index contributed by atoms with van der Waals surface area (Å²) in [5.74, 6) is -1.67. The average Bonchev–Trinajstić information content (AvgIpc) is 2.50. The van der Waals surface area contributed by atoms with E-state index in [4.69, 9.17) is 5.11 Å². The molecule has 108 valence electrons. The van der Waals surface area contributed by atoms with Gasteiger partial charge in [0.25, 0.3) is 5.91 Å². The second-order valence-electron chi connectivity index (χ2n) is 4.68. The van der Waals surface area contributed by atoms with Crippen LogP contribution in [0.2, 0.25) is 0 Å². The third kappa shape index (κ3) is 4.14. The summed E-state index contributed by atoms with van der Waals surface area (Å²) in [7, 11) is 0. The first kappa shape index (κ1) is 14.7. The van der Waals surface area contributed by atoms with Crippen LogP contribution in [0.25, 0.3) is 10.8 Å². The van der Waals surface area contributed by atoms with E-state index in [2.05, 4.69) is 5.32 Å². The molecule has 0 aliphatic heterocycles. The Morgan fingerprint density at radius 2 is 1.67 bits per heavy atom. The van der Waals surface area contributed by atoms with Crippen LogP contribution in [-0.2, 0) is 9.59 Å². The number of Topliss-reactive ketones (excluding diaryl/α,β-unsaturated/α-hetero) is 1. The van der Waals surface area contributed by atoms with Gasteiger partial charge >= 0.3 is 5.97 Å². The minimum absolute atomic E-state index is 0.0761. The zero-order chi connectivity index (χ0) is 15.2. The monoisotopic (exact) mass is 285 g/mol. The first-order valence-electron chi connectivity index (χ1n) is 6.57. The highest BCUT2D eigenvalue weighted by atomic mass is 16.4. The lowest BCUT2D eigenvalue weighted by Gasteiger charge is -2.05. The Hall–Kier alpha value is -2.69. The van der Waals surface area contributed by atoms with Gasteiger partial charge in [-0.25, -0.2) is 0 Å². The third-order valence-corrected chi connectivity index (χ3v) is 3.08. The van der Waals surface area contributed by atoms with E-state index in [1.165, 1.54) is 0 Å². The number of ketones is 1. The molecule has 0 radical (unpaired) electrons. The molecule has 2 rings (SSSR count). The summed E-state index contributed by atoms with van der Waals surface area (Å²) in [6.45, 7) is -0.154. The topological polar surface area (TPSA) is 83.5 Å². The van der Waals surface area contributed by atoms with Crippen molar-refractivity contribution < 1.29 is 19.5 Å². The predicted octanol–water partition coefficient (Wildman–Crippen LogP) is 2.00. The number of fused-ring (bicyclic) bond motifs is 1. The van der Waals surface area contributed by atoms with E-state index in [0.29, 0.717) is 5.56 Å². The fraction of sp³-hybridized carbons (Fsp3) is 0.188. The van der Waals surface area contributed by atoms with Gasteiger partial charge in [0.1, 0.15) is 0 Å². The van der Waals surface area contributed by atoms with Crippen molar-refractivity contribution in [2.75, 3.05) is 6.54 Å². The lowest BCUT2D eigenvalue weighted by molar-refractivity contribution is -0.138. The van der Waals surface area contributed by atoms with Crippen LogP contribution in [0.5, 0.6) is 0 Å². The molecule has 0 spiro atoms. The smallest absolute Gasteiger partial charge is 0.303 e. The normalized spacial score (nSPS) is 10.3. The summed E-state index contributed by atoms with van der Waals surface area (Å²) in [6, 6.07) is 13.0. The van der Waals surface area contributed by atoms with Crippen LogP contribution >= 0.6 is 0 Å². The summed E-state index contributed by atoms with van der Waals surface area (Å²) in [5, 5.41) is 13.0. The Morgan fingerprint density at radius 3 is 2.38 bits per heavy atom. The molecule has 0 heterocycles. The van der Waals surface area contributed by atoms with E-state index in [1.807, 2.05) is 30.3 Å². The van der Waals surface area contributed by atoms with Crippen LogP contribution in [-0.4, -0.2) is 29.3 Å². The van der Waals surface area contributed by atoms with Gasteiger partial charge in [0.15, 0.2) is 5.78 Å². The van der Waals surface area contributed by atoms with Crippen molar-refractivity contribution in [3.05, 3.63) is 48.0 Å². The Morgan fingerprint density at radius 1 is 0.952 bits per heavy atom. The average molecular weight is 285 g/mol. The lowest BCUT2D eigenvalue weighted by Crippen LogP contribution is -2.29. The number of carboxylic acids is 1. The fourth-order valence-corrected chi connectivity index (χ4v) is 1.95. The molecule has 2 aromatic carbocycles. The Labute approximate surface area is 121 Å². The van der Waals surface area contributed by atoms with Crippen molar-refractivity contribution in [2.45, 2.75) is 12.8 Å². The van der Waals surface area contributed by atoms with Crippen LogP contribution in [0, 0.1) is 0 Å².